The zero-order valence-corrected chi connectivity index (χ0v) is 12.8. The van der Waals surface area contributed by atoms with E-state index in [4.69, 9.17) is 15.6 Å². The van der Waals surface area contributed by atoms with Gasteiger partial charge in [-0.3, -0.25) is 11.3 Å². The summed E-state index contributed by atoms with van der Waals surface area (Å²) in [7, 11) is 0. The van der Waals surface area contributed by atoms with Gasteiger partial charge in [0.15, 0.2) is 0 Å². The SMILES string of the molecule is NNC(Cc1nc(-c2ccccc2)cs1)C1CCCCO1. The highest BCUT2D eigenvalue weighted by molar-refractivity contribution is 7.09. The highest BCUT2D eigenvalue weighted by Crippen LogP contribution is 2.24. The van der Waals surface area contributed by atoms with Crippen molar-refractivity contribution in [3.8, 4) is 11.3 Å². The van der Waals surface area contributed by atoms with Crippen molar-refractivity contribution in [1.29, 1.82) is 0 Å². The summed E-state index contributed by atoms with van der Waals surface area (Å²) in [4.78, 5) is 4.73. The molecule has 1 aromatic carbocycles. The van der Waals surface area contributed by atoms with Crippen molar-refractivity contribution < 1.29 is 4.74 Å². The van der Waals surface area contributed by atoms with Crippen molar-refractivity contribution in [2.75, 3.05) is 6.61 Å². The molecule has 0 bridgehead atoms. The molecule has 5 heteroatoms. The Kier molecular flexibility index (Phi) is 4.98. The van der Waals surface area contributed by atoms with Crippen LogP contribution in [0.25, 0.3) is 11.3 Å². The number of thiazole rings is 1. The molecule has 2 atom stereocenters. The summed E-state index contributed by atoms with van der Waals surface area (Å²) < 4.78 is 5.83. The quantitative estimate of drug-likeness (QED) is 0.658. The molecule has 0 amide bonds. The molecule has 0 aliphatic carbocycles. The Bertz CT molecular complexity index is 552. The van der Waals surface area contributed by atoms with Gasteiger partial charge in [0.05, 0.1) is 22.8 Å². The first-order valence-electron chi connectivity index (χ1n) is 7.44. The van der Waals surface area contributed by atoms with Crippen LogP contribution >= 0.6 is 11.3 Å². The summed E-state index contributed by atoms with van der Waals surface area (Å²) >= 11 is 1.69. The number of aromatic nitrogens is 1. The number of nitrogens with zero attached hydrogens (tertiary/aromatic N) is 1. The Balaban J connectivity index is 1.68. The van der Waals surface area contributed by atoms with Crippen LogP contribution in [0.3, 0.4) is 0 Å². The van der Waals surface area contributed by atoms with E-state index < -0.39 is 0 Å². The normalized spacial score (nSPS) is 20.3. The maximum atomic E-state index is 5.83. The van der Waals surface area contributed by atoms with Crippen LogP contribution in [-0.4, -0.2) is 23.7 Å². The van der Waals surface area contributed by atoms with E-state index in [1.165, 1.54) is 6.42 Å². The number of hydrazine groups is 1. The van der Waals surface area contributed by atoms with Gasteiger partial charge >= 0.3 is 0 Å². The molecule has 2 aromatic rings. The van der Waals surface area contributed by atoms with E-state index in [0.717, 1.165) is 42.1 Å². The topological polar surface area (TPSA) is 60.2 Å². The largest absolute Gasteiger partial charge is 0.377 e. The van der Waals surface area contributed by atoms with E-state index in [2.05, 4.69) is 22.9 Å². The minimum Gasteiger partial charge on any atom is -0.377 e. The average Bonchev–Trinajstić information content (AvgIpc) is 3.03. The summed E-state index contributed by atoms with van der Waals surface area (Å²) in [5.41, 5.74) is 5.11. The van der Waals surface area contributed by atoms with Gasteiger partial charge in [-0.15, -0.1) is 11.3 Å². The molecule has 0 spiro atoms. The second-order valence-electron chi connectivity index (χ2n) is 5.37. The van der Waals surface area contributed by atoms with Gasteiger partial charge < -0.3 is 4.74 Å². The lowest BCUT2D eigenvalue weighted by Crippen LogP contribution is -2.47. The number of nitrogens with one attached hydrogen (secondary N) is 1. The lowest BCUT2D eigenvalue weighted by atomic mass is 10.0. The van der Waals surface area contributed by atoms with Crippen LogP contribution < -0.4 is 11.3 Å². The molecular formula is C16H21N3OS. The lowest BCUT2D eigenvalue weighted by Gasteiger charge is -2.29. The maximum absolute atomic E-state index is 5.83. The van der Waals surface area contributed by atoms with Gasteiger partial charge in [-0.05, 0) is 19.3 Å². The van der Waals surface area contributed by atoms with Gasteiger partial charge in [0, 0.05) is 24.0 Å². The molecule has 1 aromatic heterocycles. The van der Waals surface area contributed by atoms with Gasteiger partial charge in [0.2, 0.25) is 0 Å². The van der Waals surface area contributed by atoms with E-state index in [1.54, 1.807) is 11.3 Å². The van der Waals surface area contributed by atoms with Crippen LogP contribution in [0.4, 0.5) is 0 Å². The predicted octanol–water partition coefficient (Wildman–Crippen LogP) is 2.75. The fraction of sp³-hybridized carbons (Fsp3) is 0.438. The Hall–Kier alpha value is -1.27. The van der Waals surface area contributed by atoms with E-state index >= 15 is 0 Å². The molecule has 1 saturated heterocycles. The zero-order valence-electron chi connectivity index (χ0n) is 12.0. The van der Waals surface area contributed by atoms with E-state index in [1.807, 2.05) is 18.2 Å². The number of nitrogens with two attached hydrogens (primary N) is 1. The fourth-order valence-electron chi connectivity index (χ4n) is 2.71. The van der Waals surface area contributed by atoms with Crippen molar-refractivity contribution >= 4 is 11.3 Å². The number of hydrogen-bond acceptors (Lipinski definition) is 5. The summed E-state index contributed by atoms with van der Waals surface area (Å²) in [5, 5.41) is 3.21. The van der Waals surface area contributed by atoms with Gasteiger partial charge in [-0.25, -0.2) is 4.98 Å². The molecule has 2 heterocycles. The number of benzene rings is 1. The van der Waals surface area contributed by atoms with Gasteiger partial charge in [-0.1, -0.05) is 30.3 Å². The van der Waals surface area contributed by atoms with Crippen molar-refractivity contribution in [1.82, 2.24) is 10.4 Å². The minimum absolute atomic E-state index is 0.139. The third-order valence-electron chi connectivity index (χ3n) is 3.89. The monoisotopic (exact) mass is 303 g/mol. The minimum atomic E-state index is 0.139. The Morgan fingerprint density at radius 1 is 1.33 bits per heavy atom. The van der Waals surface area contributed by atoms with E-state index in [0.29, 0.717) is 0 Å². The molecule has 0 radical (unpaired) electrons. The molecule has 112 valence electrons. The van der Waals surface area contributed by atoms with Crippen LogP contribution in [0.1, 0.15) is 24.3 Å². The number of hydrogen-bond donors (Lipinski definition) is 2. The van der Waals surface area contributed by atoms with Crippen LogP contribution in [0.2, 0.25) is 0 Å². The third kappa shape index (κ3) is 3.68. The Morgan fingerprint density at radius 3 is 2.90 bits per heavy atom. The first kappa shape index (κ1) is 14.7. The molecule has 1 aliphatic heterocycles. The summed E-state index contributed by atoms with van der Waals surface area (Å²) in [6.07, 6.45) is 4.47. The summed E-state index contributed by atoms with van der Waals surface area (Å²) in [5.74, 6) is 5.72. The Morgan fingerprint density at radius 2 is 2.19 bits per heavy atom. The van der Waals surface area contributed by atoms with Crippen LogP contribution in [-0.2, 0) is 11.2 Å². The molecule has 0 saturated carbocycles. The van der Waals surface area contributed by atoms with Crippen LogP contribution in [0, 0.1) is 0 Å². The summed E-state index contributed by atoms with van der Waals surface area (Å²) in [6, 6.07) is 10.4. The maximum Gasteiger partial charge on any atom is 0.0949 e. The second kappa shape index (κ2) is 7.13. The van der Waals surface area contributed by atoms with Crippen molar-refractivity contribution in [3.63, 3.8) is 0 Å². The van der Waals surface area contributed by atoms with Crippen LogP contribution in [0.5, 0.6) is 0 Å². The zero-order chi connectivity index (χ0) is 14.5. The molecule has 1 fully saturated rings. The van der Waals surface area contributed by atoms with Crippen molar-refractivity contribution in [2.45, 2.75) is 37.8 Å². The first-order chi connectivity index (χ1) is 10.4. The molecule has 3 N–H and O–H groups in total. The summed E-state index contributed by atoms with van der Waals surface area (Å²) in [6.45, 7) is 0.843. The van der Waals surface area contributed by atoms with Gasteiger partial charge in [0.1, 0.15) is 0 Å². The third-order valence-corrected chi connectivity index (χ3v) is 4.76. The number of ether oxygens (including phenoxy) is 1. The lowest BCUT2D eigenvalue weighted by molar-refractivity contribution is -0.00744. The second-order valence-corrected chi connectivity index (χ2v) is 6.32. The fourth-order valence-corrected chi connectivity index (χ4v) is 3.58. The first-order valence-corrected chi connectivity index (χ1v) is 8.32. The smallest absolute Gasteiger partial charge is 0.0949 e. The molecule has 4 nitrogen and oxygen atoms in total. The molecule has 3 rings (SSSR count). The molecule has 21 heavy (non-hydrogen) atoms. The van der Waals surface area contributed by atoms with E-state index in [-0.39, 0.29) is 12.1 Å². The van der Waals surface area contributed by atoms with Crippen molar-refractivity contribution in [3.05, 3.63) is 40.7 Å². The van der Waals surface area contributed by atoms with Gasteiger partial charge in [0.25, 0.3) is 0 Å². The highest BCUT2D eigenvalue weighted by Gasteiger charge is 2.24. The standard InChI is InChI=1S/C16H21N3OS/c17-19-13(15-8-4-5-9-20-15)10-16-18-14(11-21-16)12-6-2-1-3-7-12/h1-3,6-7,11,13,15,19H,4-5,8-10,17H2. The highest BCUT2D eigenvalue weighted by atomic mass is 32.1. The predicted molar refractivity (Wildman–Crippen MR) is 86.0 cm³/mol. The molecule has 2 unspecified atom stereocenters. The van der Waals surface area contributed by atoms with Crippen molar-refractivity contribution in [2.24, 2.45) is 5.84 Å². The van der Waals surface area contributed by atoms with Crippen LogP contribution in [0.15, 0.2) is 35.7 Å². The van der Waals surface area contributed by atoms with Gasteiger partial charge in [-0.2, -0.15) is 0 Å². The Labute approximate surface area is 129 Å². The van der Waals surface area contributed by atoms with E-state index in [9.17, 15) is 0 Å². The average molecular weight is 303 g/mol. The molecule has 1 aliphatic rings. The molecular weight excluding hydrogens is 282 g/mol. The number of rotatable bonds is 5.